The van der Waals surface area contributed by atoms with Crippen LogP contribution in [0.1, 0.15) is 12.8 Å². The van der Waals surface area contributed by atoms with Crippen molar-refractivity contribution in [2.45, 2.75) is 25.2 Å². The average molecular weight is 271 g/mol. The van der Waals surface area contributed by atoms with Gasteiger partial charge in [-0.25, -0.2) is 0 Å². The second kappa shape index (κ2) is 4.34. The third kappa shape index (κ3) is 2.46. The first-order valence-electron chi connectivity index (χ1n) is 5.86. The molecule has 5 nitrogen and oxygen atoms in total. The molecule has 7 heteroatoms. The summed E-state index contributed by atoms with van der Waals surface area (Å²) >= 11 is 0. The summed E-state index contributed by atoms with van der Waals surface area (Å²) in [5.74, 6) is -0.446. The lowest BCUT2D eigenvalue weighted by Gasteiger charge is -2.10. The maximum absolute atomic E-state index is 12.8. The van der Waals surface area contributed by atoms with Gasteiger partial charge in [0, 0.05) is 18.4 Å². The lowest BCUT2D eigenvalue weighted by molar-refractivity contribution is -0.286. The number of rotatable bonds is 2. The third-order valence-corrected chi connectivity index (χ3v) is 2.89. The Kier molecular flexibility index (Phi) is 2.78. The van der Waals surface area contributed by atoms with E-state index in [2.05, 4.69) is 14.8 Å². The highest BCUT2D eigenvalue weighted by Crippen LogP contribution is 2.42. The molecule has 19 heavy (non-hydrogen) atoms. The van der Waals surface area contributed by atoms with Crippen LogP contribution in [0.15, 0.2) is 18.2 Å². The Morgan fingerprint density at radius 3 is 2.84 bits per heavy atom. The van der Waals surface area contributed by atoms with Crippen molar-refractivity contribution in [3.05, 3.63) is 18.2 Å². The Bertz CT molecular complexity index is 514. The number of carbonyl (C=O) groups is 1. The van der Waals surface area contributed by atoms with Crippen LogP contribution in [0, 0.1) is 0 Å². The van der Waals surface area contributed by atoms with E-state index in [1.54, 1.807) is 0 Å². The fourth-order valence-electron chi connectivity index (χ4n) is 2.03. The smallest absolute Gasteiger partial charge is 0.395 e. The molecule has 0 radical (unpaired) electrons. The Labute approximate surface area is 107 Å². The number of carbonyl (C=O) groups excluding carboxylic acids is 1. The van der Waals surface area contributed by atoms with Crippen LogP contribution in [0.4, 0.5) is 14.5 Å². The predicted octanol–water partition coefficient (Wildman–Crippen LogP) is 2.13. The summed E-state index contributed by atoms with van der Waals surface area (Å²) in [4.78, 5) is 11.8. The summed E-state index contributed by atoms with van der Waals surface area (Å²) < 4.78 is 39.4. The summed E-state index contributed by atoms with van der Waals surface area (Å²) in [5.41, 5.74) is 0.362. The number of halogens is 2. The van der Waals surface area contributed by atoms with Crippen molar-refractivity contribution >= 4 is 11.6 Å². The molecular weight excluding hydrogens is 260 g/mol. The van der Waals surface area contributed by atoms with Gasteiger partial charge in [-0.1, -0.05) is 0 Å². The maximum Gasteiger partial charge on any atom is 0.586 e. The van der Waals surface area contributed by atoms with E-state index in [0.717, 1.165) is 6.42 Å². The number of hydrogen-bond donors (Lipinski definition) is 1. The Hall–Kier alpha value is -1.89. The van der Waals surface area contributed by atoms with Crippen LogP contribution in [-0.2, 0) is 9.53 Å². The zero-order valence-electron chi connectivity index (χ0n) is 9.82. The molecule has 1 fully saturated rings. The molecule has 0 bridgehead atoms. The minimum atomic E-state index is -3.65. The van der Waals surface area contributed by atoms with Crippen LogP contribution in [0.5, 0.6) is 11.5 Å². The molecule has 0 saturated carbocycles. The molecule has 1 amide bonds. The topological polar surface area (TPSA) is 56.8 Å². The van der Waals surface area contributed by atoms with Gasteiger partial charge in [0.25, 0.3) is 5.91 Å². The summed E-state index contributed by atoms with van der Waals surface area (Å²) in [7, 11) is 0. The summed E-state index contributed by atoms with van der Waals surface area (Å²) in [6, 6.07) is 4.08. The lowest BCUT2D eigenvalue weighted by Crippen LogP contribution is -2.26. The van der Waals surface area contributed by atoms with E-state index in [-0.39, 0.29) is 17.4 Å². The molecule has 1 aromatic rings. The maximum atomic E-state index is 12.8. The quantitative estimate of drug-likeness (QED) is 0.895. The minimum absolute atomic E-state index is 0.0554. The molecule has 0 aromatic heterocycles. The van der Waals surface area contributed by atoms with Crippen molar-refractivity contribution in [1.29, 1.82) is 0 Å². The van der Waals surface area contributed by atoms with Crippen LogP contribution in [0.3, 0.4) is 0 Å². The van der Waals surface area contributed by atoms with Gasteiger partial charge in [0.05, 0.1) is 0 Å². The Morgan fingerprint density at radius 2 is 2.11 bits per heavy atom. The molecule has 3 rings (SSSR count). The normalized spacial score (nSPS) is 23.4. The number of hydrogen-bond acceptors (Lipinski definition) is 4. The number of alkyl halides is 2. The standard InChI is InChI=1S/C12H11F2NO4/c13-12(14)18-8-4-3-7(6-10(8)19-12)15-11(16)9-2-1-5-17-9/h3-4,6,9H,1-2,5H2,(H,15,16)/t9-/m0/s1. The van der Waals surface area contributed by atoms with Crippen molar-refractivity contribution in [2.24, 2.45) is 0 Å². The average Bonchev–Trinajstić information content (AvgIpc) is 2.93. The number of ether oxygens (including phenoxy) is 3. The highest BCUT2D eigenvalue weighted by atomic mass is 19.3. The summed E-state index contributed by atoms with van der Waals surface area (Å²) in [5, 5.41) is 2.60. The fourth-order valence-corrected chi connectivity index (χ4v) is 2.03. The van der Waals surface area contributed by atoms with Crippen molar-refractivity contribution in [3.8, 4) is 11.5 Å². The molecule has 1 atom stereocenters. The largest absolute Gasteiger partial charge is 0.586 e. The highest BCUT2D eigenvalue weighted by Gasteiger charge is 2.43. The van der Waals surface area contributed by atoms with Gasteiger partial charge < -0.3 is 19.5 Å². The van der Waals surface area contributed by atoms with Crippen LogP contribution in [0.25, 0.3) is 0 Å². The van der Waals surface area contributed by atoms with Crippen molar-refractivity contribution in [1.82, 2.24) is 0 Å². The number of benzene rings is 1. The first-order chi connectivity index (χ1) is 9.03. The minimum Gasteiger partial charge on any atom is -0.395 e. The Morgan fingerprint density at radius 1 is 1.32 bits per heavy atom. The molecule has 102 valence electrons. The number of amides is 1. The number of anilines is 1. The van der Waals surface area contributed by atoms with Gasteiger partial charge in [0.15, 0.2) is 11.5 Å². The van der Waals surface area contributed by atoms with Crippen molar-refractivity contribution in [2.75, 3.05) is 11.9 Å². The summed E-state index contributed by atoms with van der Waals surface area (Å²) in [6.07, 6.45) is -2.63. The lowest BCUT2D eigenvalue weighted by atomic mass is 10.2. The second-order valence-corrected chi connectivity index (χ2v) is 4.32. The molecule has 0 spiro atoms. The third-order valence-electron chi connectivity index (χ3n) is 2.89. The van der Waals surface area contributed by atoms with Crippen LogP contribution >= 0.6 is 0 Å². The zero-order chi connectivity index (χ0) is 13.5. The fraction of sp³-hybridized carbons (Fsp3) is 0.417. The van der Waals surface area contributed by atoms with Gasteiger partial charge in [-0.2, -0.15) is 0 Å². The molecule has 1 N–H and O–H groups in total. The van der Waals surface area contributed by atoms with Gasteiger partial charge in [-0.15, -0.1) is 8.78 Å². The molecule has 0 unspecified atom stereocenters. The molecule has 2 aliphatic rings. The molecule has 2 aliphatic heterocycles. The zero-order valence-corrected chi connectivity index (χ0v) is 9.82. The number of nitrogens with one attached hydrogen (secondary N) is 1. The van der Waals surface area contributed by atoms with Gasteiger partial charge in [0.2, 0.25) is 0 Å². The first kappa shape index (κ1) is 12.2. The molecule has 1 saturated heterocycles. The van der Waals surface area contributed by atoms with Crippen molar-refractivity contribution in [3.63, 3.8) is 0 Å². The SMILES string of the molecule is O=C(Nc1ccc2c(c1)OC(F)(F)O2)[C@@H]1CCCO1. The van der Waals surface area contributed by atoms with E-state index in [1.807, 2.05) is 0 Å². The predicted molar refractivity (Wildman–Crippen MR) is 60.2 cm³/mol. The van der Waals surface area contributed by atoms with Crippen LogP contribution in [0.2, 0.25) is 0 Å². The summed E-state index contributed by atoms with van der Waals surface area (Å²) in [6.45, 7) is 0.561. The van der Waals surface area contributed by atoms with Crippen molar-refractivity contribution < 1.29 is 27.8 Å². The van der Waals surface area contributed by atoms with Gasteiger partial charge >= 0.3 is 6.29 Å². The molecule has 1 aromatic carbocycles. The van der Waals surface area contributed by atoms with E-state index in [9.17, 15) is 13.6 Å². The van der Waals surface area contributed by atoms with E-state index in [0.29, 0.717) is 18.7 Å². The van der Waals surface area contributed by atoms with E-state index < -0.39 is 12.4 Å². The second-order valence-electron chi connectivity index (χ2n) is 4.32. The van der Waals surface area contributed by atoms with Crippen LogP contribution < -0.4 is 14.8 Å². The first-order valence-corrected chi connectivity index (χ1v) is 5.86. The monoisotopic (exact) mass is 271 g/mol. The number of fused-ring (bicyclic) bond motifs is 1. The van der Waals surface area contributed by atoms with E-state index >= 15 is 0 Å². The van der Waals surface area contributed by atoms with Gasteiger partial charge in [-0.05, 0) is 25.0 Å². The van der Waals surface area contributed by atoms with E-state index in [4.69, 9.17) is 4.74 Å². The molecular formula is C12H11F2NO4. The Balaban J connectivity index is 1.71. The van der Waals surface area contributed by atoms with Crippen LogP contribution in [-0.4, -0.2) is 24.9 Å². The van der Waals surface area contributed by atoms with Gasteiger partial charge in [0.1, 0.15) is 6.10 Å². The molecule has 0 aliphatic carbocycles. The highest BCUT2D eigenvalue weighted by molar-refractivity contribution is 5.94. The van der Waals surface area contributed by atoms with Gasteiger partial charge in [-0.3, -0.25) is 4.79 Å². The van der Waals surface area contributed by atoms with E-state index in [1.165, 1.54) is 18.2 Å². The molecule has 2 heterocycles.